The molecular weight excluding hydrogens is 516 g/mol. The van der Waals surface area contributed by atoms with Crippen molar-refractivity contribution in [2.45, 2.75) is 87.9 Å². The molecule has 8 aliphatic rings. The fourth-order valence-corrected chi connectivity index (χ4v) is 11.8. The van der Waals surface area contributed by atoms with Crippen molar-refractivity contribution in [3.8, 4) is 23.0 Å². The predicted molar refractivity (Wildman–Crippen MR) is 168 cm³/mol. The third kappa shape index (κ3) is 4.00. The summed E-state index contributed by atoms with van der Waals surface area (Å²) < 4.78 is 13.9. The summed E-state index contributed by atoms with van der Waals surface area (Å²) in [7, 11) is 0. The maximum Gasteiger partial charge on any atom is 0.150 e. The molecule has 0 spiro atoms. The van der Waals surface area contributed by atoms with E-state index in [1.165, 1.54) is 88.2 Å². The van der Waals surface area contributed by atoms with E-state index in [1.807, 2.05) is 48.5 Å². The molecule has 0 atom stereocenters. The zero-order chi connectivity index (χ0) is 28.1. The van der Waals surface area contributed by atoms with E-state index in [1.54, 1.807) is 0 Å². The van der Waals surface area contributed by atoms with Crippen molar-refractivity contribution in [2.24, 2.45) is 35.5 Å². The highest BCUT2D eigenvalue weighted by molar-refractivity contribution is 5.61. The van der Waals surface area contributed by atoms with Crippen molar-refractivity contribution in [3.63, 3.8) is 0 Å². The van der Waals surface area contributed by atoms with Crippen molar-refractivity contribution in [1.82, 2.24) is 0 Å². The Morgan fingerprint density at radius 3 is 1.07 bits per heavy atom. The van der Waals surface area contributed by atoms with Crippen molar-refractivity contribution < 1.29 is 9.47 Å². The molecule has 218 valence electrons. The van der Waals surface area contributed by atoms with E-state index in [9.17, 15) is 0 Å². The van der Waals surface area contributed by atoms with Crippen LogP contribution in [0.4, 0.5) is 11.4 Å². The van der Waals surface area contributed by atoms with Crippen LogP contribution in [-0.4, -0.2) is 0 Å². The Hall–Kier alpha value is -3.14. The van der Waals surface area contributed by atoms with E-state index in [4.69, 9.17) is 20.9 Å². The summed E-state index contributed by atoms with van der Waals surface area (Å²) in [6.45, 7) is 0. The molecule has 11 rings (SSSR count). The summed E-state index contributed by atoms with van der Waals surface area (Å²) in [5.74, 6) is 8.59. The molecule has 0 aromatic heterocycles. The molecule has 0 aliphatic heterocycles. The second-order valence-corrected chi connectivity index (χ2v) is 15.5. The average Bonchev–Trinajstić information content (AvgIpc) is 2.94. The van der Waals surface area contributed by atoms with Gasteiger partial charge in [0.15, 0.2) is 0 Å². The molecule has 0 radical (unpaired) electrons. The summed E-state index contributed by atoms with van der Waals surface area (Å²) in [6, 6.07) is 20.9. The molecule has 3 aromatic rings. The minimum atomic E-state index is 0.147. The predicted octanol–water partition coefficient (Wildman–Crippen LogP) is 9.37. The van der Waals surface area contributed by atoms with Crippen molar-refractivity contribution in [1.29, 1.82) is 0 Å². The van der Waals surface area contributed by atoms with Crippen molar-refractivity contribution in [2.75, 3.05) is 11.5 Å². The van der Waals surface area contributed by atoms with Gasteiger partial charge in [-0.3, -0.25) is 0 Å². The molecule has 42 heavy (non-hydrogen) atoms. The number of ether oxygens (including phenoxy) is 2. The highest BCUT2D eigenvalue weighted by Crippen LogP contribution is 2.65. The van der Waals surface area contributed by atoms with Crippen LogP contribution in [0.3, 0.4) is 0 Å². The highest BCUT2D eigenvalue weighted by atomic mass is 16.5. The molecule has 8 aliphatic carbocycles. The second kappa shape index (κ2) is 9.18. The molecule has 0 unspecified atom stereocenters. The molecule has 8 fully saturated rings. The summed E-state index contributed by atoms with van der Waals surface area (Å²) >= 11 is 0. The summed E-state index contributed by atoms with van der Waals surface area (Å²) in [5, 5.41) is 0. The molecule has 4 nitrogen and oxygen atoms in total. The van der Waals surface area contributed by atoms with Gasteiger partial charge >= 0.3 is 0 Å². The molecule has 4 heteroatoms. The quantitative estimate of drug-likeness (QED) is 0.295. The van der Waals surface area contributed by atoms with Crippen LogP contribution in [0.15, 0.2) is 60.7 Å². The smallest absolute Gasteiger partial charge is 0.150 e. The van der Waals surface area contributed by atoms with Gasteiger partial charge in [-0.05, 0) is 160 Å². The van der Waals surface area contributed by atoms with Gasteiger partial charge in [-0.25, -0.2) is 0 Å². The monoisotopic (exact) mass is 560 g/mol. The number of anilines is 2. The van der Waals surface area contributed by atoms with Crippen LogP contribution >= 0.6 is 0 Å². The molecule has 0 heterocycles. The Morgan fingerprint density at radius 2 is 0.762 bits per heavy atom. The minimum Gasteiger partial charge on any atom is -0.455 e. The Bertz CT molecular complexity index is 1360. The minimum absolute atomic E-state index is 0.147. The number of para-hydroxylation sites is 4. The SMILES string of the molecule is Nc1ccccc1Oc1cc(C23CC4CC(CC(C4)C2)C3)c(Oc2ccccc2N)cc1C12CC3CC(CC(C3)C1)C2. The topological polar surface area (TPSA) is 70.5 Å². The number of nitrogen functional groups attached to an aromatic ring is 2. The van der Waals surface area contributed by atoms with Crippen molar-refractivity contribution >= 4 is 11.4 Å². The van der Waals surface area contributed by atoms with Crippen LogP contribution < -0.4 is 20.9 Å². The van der Waals surface area contributed by atoms with E-state index in [-0.39, 0.29) is 10.8 Å². The molecule has 0 amide bonds. The lowest BCUT2D eigenvalue weighted by molar-refractivity contribution is -0.00823. The molecule has 0 saturated heterocycles. The average molecular weight is 561 g/mol. The van der Waals surface area contributed by atoms with Gasteiger partial charge in [0.25, 0.3) is 0 Å². The lowest BCUT2D eigenvalue weighted by Gasteiger charge is -2.58. The molecule has 4 N–H and O–H groups in total. The van der Waals surface area contributed by atoms with Gasteiger partial charge in [0.2, 0.25) is 0 Å². The molecule has 8 bridgehead atoms. The Balaban J connectivity index is 1.24. The maximum absolute atomic E-state index is 6.96. The Morgan fingerprint density at radius 1 is 0.452 bits per heavy atom. The normalized spacial score (nSPS) is 37.2. The second-order valence-electron chi connectivity index (χ2n) is 15.5. The fourth-order valence-electron chi connectivity index (χ4n) is 11.8. The van der Waals surface area contributed by atoms with Gasteiger partial charge in [0, 0.05) is 11.1 Å². The van der Waals surface area contributed by atoms with E-state index in [2.05, 4.69) is 12.1 Å². The van der Waals surface area contributed by atoms with Crippen LogP contribution in [-0.2, 0) is 10.8 Å². The van der Waals surface area contributed by atoms with Crippen LogP contribution in [0.1, 0.15) is 88.2 Å². The zero-order valence-electron chi connectivity index (χ0n) is 24.7. The third-order valence-electron chi connectivity index (χ3n) is 12.6. The van der Waals surface area contributed by atoms with Crippen LogP contribution in [0.25, 0.3) is 0 Å². The number of benzene rings is 3. The van der Waals surface area contributed by atoms with Crippen molar-refractivity contribution in [3.05, 3.63) is 71.8 Å². The van der Waals surface area contributed by atoms with E-state index < -0.39 is 0 Å². The van der Waals surface area contributed by atoms with Crippen LogP contribution in [0.2, 0.25) is 0 Å². The number of nitrogens with two attached hydrogens (primary N) is 2. The molecule has 3 aromatic carbocycles. The largest absolute Gasteiger partial charge is 0.455 e. The summed E-state index contributed by atoms with van der Waals surface area (Å²) in [4.78, 5) is 0. The van der Waals surface area contributed by atoms with Crippen LogP contribution in [0, 0.1) is 35.5 Å². The van der Waals surface area contributed by atoms with Gasteiger partial charge in [-0.2, -0.15) is 0 Å². The van der Waals surface area contributed by atoms with E-state index in [0.29, 0.717) is 11.4 Å². The Kier molecular flexibility index (Phi) is 5.54. The zero-order valence-corrected chi connectivity index (χ0v) is 24.7. The van der Waals surface area contributed by atoms with Gasteiger partial charge in [-0.1, -0.05) is 24.3 Å². The molecular formula is C38H44N2O2. The first-order chi connectivity index (χ1) is 20.4. The van der Waals surface area contributed by atoms with Gasteiger partial charge in [0.05, 0.1) is 11.4 Å². The third-order valence-corrected chi connectivity index (χ3v) is 12.6. The highest BCUT2D eigenvalue weighted by Gasteiger charge is 2.55. The standard InChI is InChI=1S/C38H44N2O2/c39-31-5-1-3-7-33(31)41-35-15-30(38-20-26-12-27(21-38)14-28(13-26)22-38)36(42-34-8-4-2-6-32(34)40)16-29(35)37-17-23-9-24(18-37)11-25(10-23)19-37/h1-8,15-16,23-28H,9-14,17-22,39-40H2. The number of hydrogen-bond acceptors (Lipinski definition) is 4. The lowest BCUT2D eigenvalue weighted by atomic mass is 9.47. The van der Waals surface area contributed by atoms with E-state index in [0.717, 1.165) is 58.5 Å². The Labute approximate surface area is 250 Å². The maximum atomic E-state index is 6.96. The summed E-state index contributed by atoms with van der Waals surface area (Å²) in [5.41, 5.74) is 17.4. The summed E-state index contributed by atoms with van der Waals surface area (Å²) in [6.07, 6.45) is 16.1. The lowest BCUT2D eigenvalue weighted by Crippen LogP contribution is -2.49. The fraction of sp³-hybridized carbons (Fsp3) is 0.526. The number of hydrogen-bond donors (Lipinski definition) is 2. The molecule has 8 saturated carbocycles. The first-order valence-electron chi connectivity index (χ1n) is 16.7. The van der Waals surface area contributed by atoms with Crippen LogP contribution in [0.5, 0.6) is 23.0 Å². The first kappa shape index (κ1) is 25.4. The van der Waals surface area contributed by atoms with E-state index >= 15 is 0 Å². The number of rotatable bonds is 6. The van der Waals surface area contributed by atoms with Gasteiger partial charge in [0.1, 0.15) is 23.0 Å². The first-order valence-corrected chi connectivity index (χ1v) is 16.7. The van der Waals surface area contributed by atoms with Gasteiger partial charge < -0.3 is 20.9 Å². The van der Waals surface area contributed by atoms with Gasteiger partial charge in [-0.15, -0.1) is 0 Å².